The number of hydrogen-bond donors (Lipinski definition) is 1. The van der Waals surface area contributed by atoms with Gasteiger partial charge in [-0.1, -0.05) is 27.5 Å². The molecule has 0 aromatic heterocycles. The molecule has 22 heavy (non-hydrogen) atoms. The quantitative estimate of drug-likeness (QED) is 0.553. The zero-order chi connectivity index (χ0) is 16.1. The average Bonchev–Trinajstić information content (AvgIpc) is 2.49. The molecule has 0 bridgehead atoms. The van der Waals surface area contributed by atoms with Crippen molar-refractivity contribution < 1.29 is 14.7 Å². The number of benzene rings is 2. The maximum atomic E-state index is 12.2. The van der Waals surface area contributed by atoms with E-state index in [4.69, 9.17) is 11.6 Å². The fourth-order valence-corrected chi connectivity index (χ4v) is 3.13. The molecule has 2 aromatic rings. The normalized spacial score (nSPS) is 11.9. The number of carboxylic acids is 1. The molecule has 114 valence electrons. The Bertz CT molecular complexity index is 671. The van der Waals surface area contributed by atoms with Crippen LogP contribution in [-0.4, -0.2) is 22.1 Å². The Labute approximate surface area is 145 Å². The lowest BCUT2D eigenvalue weighted by Crippen LogP contribution is -2.20. The number of hydrogen-bond acceptors (Lipinski definition) is 3. The number of aliphatic carboxylic acids is 1. The molecule has 6 heteroatoms. The second kappa shape index (κ2) is 7.81. The number of rotatable bonds is 6. The number of halogens is 2. The Morgan fingerprint density at radius 1 is 1.09 bits per heavy atom. The van der Waals surface area contributed by atoms with Crippen molar-refractivity contribution in [1.29, 1.82) is 0 Å². The fourth-order valence-electron chi connectivity index (χ4n) is 1.78. The molecule has 0 aliphatic heterocycles. The third-order valence-electron chi connectivity index (χ3n) is 2.90. The Hall–Kier alpha value is -1.30. The van der Waals surface area contributed by atoms with E-state index in [1.165, 1.54) is 0 Å². The first kappa shape index (κ1) is 17.1. The highest BCUT2D eigenvalue weighted by molar-refractivity contribution is 9.10. The Kier molecular flexibility index (Phi) is 6.06. The van der Waals surface area contributed by atoms with E-state index in [9.17, 15) is 14.7 Å². The average molecular weight is 400 g/mol. The lowest BCUT2D eigenvalue weighted by molar-refractivity contribution is -0.136. The van der Waals surface area contributed by atoms with Crippen LogP contribution in [0.15, 0.2) is 57.9 Å². The first-order chi connectivity index (χ1) is 10.5. The maximum Gasteiger partial charge on any atom is 0.317 e. The van der Waals surface area contributed by atoms with Crippen LogP contribution in [0, 0.1) is 0 Å². The molecular weight excluding hydrogens is 388 g/mol. The minimum Gasteiger partial charge on any atom is -0.480 e. The summed E-state index contributed by atoms with van der Waals surface area (Å²) in [6.07, 6.45) is -0.0717. The predicted molar refractivity (Wildman–Crippen MR) is 91.8 cm³/mol. The highest BCUT2D eigenvalue weighted by Crippen LogP contribution is 2.28. The molecule has 0 radical (unpaired) electrons. The summed E-state index contributed by atoms with van der Waals surface area (Å²) < 4.78 is 0.918. The first-order valence-corrected chi connectivity index (χ1v) is 8.44. The van der Waals surface area contributed by atoms with E-state index in [1.54, 1.807) is 24.3 Å². The largest absolute Gasteiger partial charge is 0.480 e. The number of ketones is 1. The molecule has 0 saturated carbocycles. The second-order valence-corrected chi connectivity index (χ2v) is 7.16. The van der Waals surface area contributed by atoms with Crippen molar-refractivity contribution in [2.45, 2.75) is 16.6 Å². The second-order valence-electron chi connectivity index (χ2n) is 4.53. The van der Waals surface area contributed by atoms with E-state index in [0.717, 1.165) is 21.1 Å². The van der Waals surface area contributed by atoms with Gasteiger partial charge in [0, 0.05) is 26.4 Å². The topological polar surface area (TPSA) is 54.4 Å². The van der Waals surface area contributed by atoms with Gasteiger partial charge in [0.15, 0.2) is 5.78 Å². The zero-order valence-electron chi connectivity index (χ0n) is 11.3. The number of thioether (sulfide) groups is 1. The molecule has 0 amide bonds. The molecule has 0 fully saturated rings. The van der Waals surface area contributed by atoms with Gasteiger partial charge in [-0.15, -0.1) is 11.8 Å². The van der Waals surface area contributed by atoms with Crippen molar-refractivity contribution in [2.75, 3.05) is 0 Å². The summed E-state index contributed by atoms with van der Waals surface area (Å²) >= 11 is 10.3. The van der Waals surface area contributed by atoms with Crippen LogP contribution in [0.2, 0.25) is 5.02 Å². The van der Waals surface area contributed by atoms with Crippen LogP contribution < -0.4 is 0 Å². The van der Waals surface area contributed by atoms with Crippen molar-refractivity contribution >= 4 is 51.0 Å². The Morgan fingerprint density at radius 2 is 1.68 bits per heavy atom. The van der Waals surface area contributed by atoms with Gasteiger partial charge in [-0.3, -0.25) is 9.59 Å². The fraction of sp³-hybridized carbons (Fsp3) is 0.125. The van der Waals surface area contributed by atoms with Crippen LogP contribution in [0.3, 0.4) is 0 Å². The van der Waals surface area contributed by atoms with Gasteiger partial charge in [0.2, 0.25) is 0 Å². The van der Waals surface area contributed by atoms with Crippen LogP contribution in [0.1, 0.15) is 16.8 Å². The van der Waals surface area contributed by atoms with Crippen molar-refractivity contribution in [2.24, 2.45) is 0 Å². The van der Waals surface area contributed by atoms with E-state index in [-0.39, 0.29) is 12.2 Å². The number of Topliss-reactive ketones (excluding diaryl/α,β-unsaturated/α-hetero) is 1. The highest BCUT2D eigenvalue weighted by Gasteiger charge is 2.23. The van der Waals surface area contributed by atoms with Crippen LogP contribution in [0.25, 0.3) is 0 Å². The van der Waals surface area contributed by atoms with Crippen molar-refractivity contribution in [3.8, 4) is 0 Å². The monoisotopic (exact) mass is 398 g/mol. The van der Waals surface area contributed by atoms with E-state index >= 15 is 0 Å². The zero-order valence-corrected chi connectivity index (χ0v) is 14.5. The molecule has 0 aliphatic carbocycles. The minimum absolute atomic E-state index is 0.0717. The molecule has 0 aliphatic rings. The third-order valence-corrected chi connectivity index (χ3v) is 4.88. The van der Waals surface area contributed by atoms with E-state index in [2.05, 4.69) is 15.9 Å². The molecule has 2 rings (SSSR count). The van der Waals surface area contributed by atoms with Gasteiger partial charge in [-0.05, 0) is 48.5 Å². The highest BCUT2D eigenvalue weighted by atomic mass is 79.9. The van der Waals surface area contributed by atoms with Crippen LogP contribution in [0.4, 0.5) is 0 Å². The first-order valence-electron chi connectivity index (χ1n) is 6.39. The van der Waals surface area contributed by atoms with E-state index in [0.29, 0.717) is 10.6 Å². The summed E-state index contributed by atoms with van der Waals surface area (Å²) in [6.45, 7) is 0. The maximum absolute atomic E-state index is 12.2. The number of carboxylic acid groups (broad SMARTS) is 1. The number of carbonyl (C=O) groups is 2. The lowest BCUT2D eigenvalue weighted by atomic mass is 10.1. The Morgan fingerprint density at radius 3 is 2.23 bits per heavy atom. The molecule has 2 aromatic carbocycles. The summed E-state index contributed by atoms with van der Waals surface area (Å²) in [4.78, 5) is 24.4. The summed E-state index contributed by atoms with van der Waals surface area (Å²) in [6, 6.07) is 13.8. The van der Waals surface area contributed by atoms with Crippen LogP contribution >= 0.6 is 39.3 Å². The van der Waals surface area contributed by atoms with E-state index < -0.39 is 11.2 Å². The summed E-state index contributed by atoms with van der Waals surface area (Å²) in [7, 11) is 0. The molecule has 0 heterocycles. The van der Waals surface area contributed by atoms with Crippen LogP contribution in [-0.2, 0) is 4.79 Å². The van der Waals surface area contributed by atoms with Crippen molar-refractivity contribution in [3.05, 3.63) is 63.6 Å². The molecule has 3 nitrogen and oxygen atoms in total. The van der Waals surface area contributed by atoms with Crippen molar-refractivity contribution in [3.63, 3.8) is 0 Å². The Balaban J connectivity index is 2.08. The molecule has 0 spiro atoms. The van der Waals surface area contributed by atoms with Gasteiger partial charge in [0.25, 0.3) is 0 Å². The van der Waals surface area contributed by atoms with E-state index in [1.807, 2.05) is 24.3 Å². The molecule has 0 saturated heterocycles. The summed E-state index contributed by atoms with van der Waals surface area (Å²) in [5.74, 6) is -1.22. The molecular formula is C16H12BrClO3S. The smallest absolute Gasteiger partial charge is 0.317 e. The molecule has 1 atom stereocenters. The van der Waals surface area contributed by atoms with Gasteiger partial charge < -0.3 is 5.11 Å². The SMILES string of the molecule is O=C(C[C@@H](Sc1ccc(Br)cc1)C(=O)O)c1ccc(Cl)cc1. The summed E-state index contributed by atoms with van der Waals surface area (Å²) in [5.41, 5.74) is 0.465. The third kappa shape index (κ3) is 4.87. The van der Waals surface area contributed by atoms with Gasteiger partial charge in [0.1, 0.15) is 5.25 Å². The van der Waals surface area contributed by atoms with Gasteiger partial charge in [-0.25, -0.2) is 0 Å². The lowest BCUT2D eigenvalue weighted by Gasteiger charge is -2.11. The molecule has 0 unspecified atom stereocenters. The van der Waals surface area contributed by atoms with Gasteiger partial charge >= 0.3 is 5.97 Å². The number of carbonyl (C=O) groups excluding carboxylic acids is 1. The van der Waals surface area contributed by atoms with Gasteiger partial charge in [0.05, 0.1) is 0 Å². The predicted octanol–water partition coefficient (Wildman–Crippen LogP) is 4.92. The summed E-state index contributed by atoms with van der Waals surface area (Å²) in [5, 5.41) is 9.03. The molecule has 1 N–H and O–H groups in total. The van der Waals surface area contributed by atoms with Crippen molar-refractivity contribution in [1.82, 2.24) is 0 Å². The van der Waals surface area contributed by atoms with Crippen LogP contribution in [0.5, 0.6) is 0 Å². The van der Waals surface area contributed by atoms with Gasteiger partial charge in [-0.2, -0.15) is 0 Å². The minimum atomic E-state index is -1.00. The standard InChI is InChI=1S/C16H12BrClO3S/c17-11-3-7-13(8-4-11)22-15(16(20)21)9-14(19)10-1-5-12(18)6-2-10/h1-8,15H,9H2,(H,20,21)/t15-/m1/s1.